The van der Waals surface area contributed by atoms with Crippen molar-refractivity contribution in [2.45, 2.75) is 19.0 Å². The lowest BCUT2D eigenvalue weighted by molar-refractivity contribution is 0.180. The van der Waals surface area contributed by atoms with E-state index in [-0.39, 0.29) is 5.56 Å². The molecule has 0 saturated carbocycles. The zero-order valence-corrected chi connectivity index (χ0v) is 12.6. The molecule has 3 aromatic rings. The normalized spacial score (nSPS) is 23.7. The number of rotatable bonds is 2. The number of benzene rings is 3. The van der Waals surface area contributed by atoms with E-state index >= 15 is 0 Å². The minimum atomic E-state index is -2.40. The van der Waals surface area contributed by atoms with E-state index in [1.165, 1.54) is 0 Å². The van der Waals surface area contributed by atoms with Crippen molar-refractivity contribution >= 4 is 11.4 Å². The quantitative estimate of drug-likeness (QED) is 0.747. The molecule has 1 N–H and O–H groups in total. The summed E-state index contributed by atoms with van der Waals surface area (Å²) < 4.78 is 25.6. The molecule has 0 aliphatic carbocycles. The molecular weight excluding hydrogens is 282 g/mol. The Morgan fingerprint density at radius 1 is 0.913 bits per heavy atom. The van der Waals surface area contributed by atoms with Gasteiger partial charge in [-0.25, -0.2) is 0 Å². The molecular formula is C21H19NO. The van der Waals surface area contributed by atoms with Crippen LogP contribution in [-0.2, 0) is 12.9 Å². The minimum Gasteiger partial charge on any atom is -0.388 e. The SMILES string of the molecule is [2H]C1([2H])c2ccccc2N(Cc2ccccc2)c2ccccc2C1([2H])O. The van der Waals surface area contributed by atoms with E-state index in [2.05, 4.69) is 0 Å². The average molecular weight is 304 g/mol. The van der Waals surface area contributed by atoms with E-state index in [1.54, 1.807) is 24.3 Å². The molecule has 3 aromatic carbocycles. The van der Waals surface area contributed by atoms with Gasteiger partial charge in [0, 0.05) is 32.6 Å². The van der Waals surface area contributed by atoms with Crippen LogP contribution in [0.4, 0.5) is 11.4 Å². The Morgan fingerprint density at radius 3 is 2.39 bits per heavy atom. The molecule has 0 saturated heterocycles. The highest BCUT2D eigenvalue weighted by Crippen LogP contribution is 2.40. The van der Waals surface area contributed by atoms with Gasteiger partial charge < -0.3 is 10.0 Å². The summed E-state index contributed by atoms with van der Waals surface area (Å²) in [7, 11) is 0. The second-order valence-electron chi connectivity index (χ2n) is 5.58. The third-order valence-electron chi connectivity index (χ3n) is 4.08. The van der Waals surface area contributed by atoms with Gasteiger partial charge in [-0.15, -0.1) is 0 Å². The highest BCUT2D eigenvalue weighted by atomic mass is 16.3. The smallest absolute Gasteiger partial charge is 0.0851 e. The molecule has 2 heteroatoms. The first-order chi connectivity index (χ1) is 12.4. The van der Waals surface area contributed by atoms with Crippen LogP contribution in [0.1, 0.15) is 26.9 Å². The van der Waals surface area contributed by atoms with Crippen LogP contribution in [0.3, 0.4) is 0 Å². The maximum Gasteiger partial charge on any atom is 0.0851 e. The molecule has 114 valence electrons. The van der Waals surface area contributed by atoms with Crippen LogP contribution >= 0.6 is 0 Å². The Labute approximate surface area is 140 Å². The molecule has 0 fully saturated rings. The summed E-state index contributed by atoms with van der Waals surface area (Å²) in [5.41, 5.74) is 2.94. The van der Waals surface area contributed by atoms with Crippen molar-refractivity contribution in [3.8, 4) is 0 Å². The molecule has 0 radical (unpaired) electrons. The van der Waals surface area contributed by atoms with Crippen molar-refractivity contribution in [2.75, 3.05) is 4.90 Å². The van der Waals surface area contributed by atoms with E-state index in [9.17, 15) is 5.11 Å². The van der Waals surface area contributed by atoms with Crippen molar-refractivity contribution in [1.82, 2.24) is 0 Å². The van der Waals surface area contributed by atoms with Crippen LogP contribution in [0.15, 0.2) is 78.9 Å². The number of hydrogen-bond donors (Lipinski definition) is 1. The number of hydrogen-bond acceptors (Lipinski definition) is 2. The fraction of sp³-hybridized carbons (Fsp3) is 0.143. The lowest BCUT2D eigenvalue weighted by Gasteiger charge is -2.27. The van der Waals surface area contributed by atoms with Crippen molar-refractivity contribution in [3.63, 3.8) is 0 Å². The van der Waals surface area contributed by atoms with Crippen LogP contribution in [0, 0.1) is 0 Å². The van der Waals surface area contributed by atoms with Crippen LogP contribution in [-0.4, -0.2) is 5.11 Å². The molecule has 0 bridgehead atoms. The Bertz CT molecular complexity index is 883. The second-order valence-corrected chi connectivity index (χ2v) is 5.58. The van der Waals surface area contributed by atoms with Crippen molar-refractivity contribution in [2.24, 2.45) is 0 Å². The Hall–Kier alpha value is -2.58. The summed E-state index contributed by atoms with van der Waals surface area (Å²) in [6.07, 6.45) is -4.66. The molecule has 2 nitrogen and oxygen atoms in total. The van der Waals surface area contributed by atoms with Crippen LogP contribution in [0.25, 0.3) is 0 Å². The van der Waals surface area contributed by atoms with Crippen LogP contribution < -0.4 is 4.90 Å². The summed E-state index contributed by atoms with van der Waals surface area (Å²) >= 11 is 0. The molecule has 0 amide bonds. The third-order valence-corrected chi connectivity index (χ3v) is 4.08. The maximum atomic E-state index is 10.9. The summed E-state index contributed by atoms with van der Waals surface area (Å²) in [4.78, 5) is 1.98. The fourth-order valence-corrected chi connectivity index (χ4v) is 2.98. The summed E-state index contributed by atoms with van der Waals surface area (Å²) in [5.74, 6) is 0. The maximum absolute atomic E-state index is 10.9. The summed E-state index contributed by atoms with van der Waals surface area (Å²) in [6.45, 7) is 0.515. The molecule has 0 spiro atoms. The van der Waals surface area contributed by atoms with Gasteiger partial charge in [0.25, 0.3) is 0 Å². The molecule has 1 atom stereocenters. The lowest BCUT2D eigenvalue weighted by Crippen LogP contribution is -2.17. The van der Waals surface area contributed by atoms with Crippen molar-refractivity contribution < 1.29 is 9.22 Å². The number of anilines is 2. The van der Waals surface area contributed by atoms with E-state index in [0.29, 0.717) is 23.5 Å². The summed E-state index contributed by atoms with van der Waals surface area (Å²) in [5, 5.41) is 10.9. The number of fused-ring (bicyclic) bond motifs is 2. The zero-order valence-electron chi connectivity index (χ0n) is 15.6. The average Bonchev–Trinajstić information content (AvgIpc) is 2.71. The molecule has 0 aromatic heterocycles. The van der Waals surface area contributed by atoms with Gasteiger partial charge in [-0.05, 0) is 23.3 Å². The molecule has 1 aliphatic heterocycles. The summed E-state index contributed by atoms with van der Waals surface area (Å²) in [6, 6.07) is 24.0. The molecule has 4 rings (SSSR count). The van der Waals surface area contributed by atoms with Crippen LogP contribution in [0.5, 0.6) is 0 Å². The minimum absolute atomic E-state index is 0.261. The fourth-order valence-electron chi connectivity index (χ4n) is 2.98. The van der Waals surface area contributed by atoms with E-state index in [1.807, 2.05) is 59.5 Å². The molecule has 1 aliphatic rings. The largest absolute Gasteiger partial charge is 0.388 e. The molecule has 1 heterocycles. The zero-order chi connectivity index (χ0) is 18.4. The van der Waals surface area contributed by atoms with Gasteiger partial charge in [-0.1, -0.05) is 66.7 Å². The van der Waals surface area contributed by atoms with Crippen LogP contribution in [0.2, 0.25) is 0 Å². The van der Waals surface area contributed by atoms with Gasteiger partial charge in [0.15, 0.2) is 0 Å². The van der Waals surface area contributed by atoms with Gasteiger partial charge in [0.2, 0.25) is 0 Å². The van der Waals surface area contributed by atoms with Gasteiger partial charge in [-0.3, -0.25) is 0 Å². The Kier molecular flexibility index (Phi) is 2.83. The van der Waals surface area contributed by atoms with E-state index in [0.717, 1.165) is 5.56 Å². The number of nitrogens with zero attached hydrogens (tertiary/aromatic N) is 1. The third kappa shape index (κ3) is 2.62. The predicted molar refractivity (Wildman–Crippen MR) is 93.8 cm³/mol. The van der Waals surface area contributed by atoms with Crippen molar-refractivity contribution in [1.29, 1.82) is 0 Å². The number of para-hydroxylation sites is 2. The Morgan fingerprint density at radius 2 is 1.57 bits per heavy atom. The molecule has 1 unspecified atom stereocenters. The monoisotopic (exact) mass is 304 g/mol. The van der Waals surface area contributed by atoms with Gasteiger partial charge in [-0.2, -0.15) is 0 Å². The first kappa shape index (κ1) is 11.0. The standard InChI is InChI=1S/C21H19NO/c23-21-14-17-10-4-6-12-19(17)22(15-16-8-2-1-3-9-16)20-13-7-5-11-18(20)21/h1-13,21,23H,14-15H2/i14D2,21D. The van der Waals surface area contributed by atoms with E-state index < -0.39 is 12.5 Å². The van der Waals surface area contributed by atoms with Gasteiger partial charge in [0.1, 0.15) is 0 Å². The van der Waals surface area contributed by atoms with E-state index in [4.69, 9.17) is 4.11 Å². The number of aliphatic hydroxyl groups is 1. The Balaban J connectivity index is 1.99. The van der Waals surface area contributed by atoms with Gasteiger partial charge >= 0.3 is 0 Å². The van der Waals surface area contributed by atoms with Crippen molar-refractivity contribution in [3.05, 3.63) is 95.6 Å². The first-order valence-electron chi connectivity index (χ1n) is 9.16. The van der Waals surface area contributed by atoms with Gasteiger partial charge in [0.05, 0.1) is 7.45 Å². The highest BCUT2D eigenvalue weighted by Gasteiger charge is 2.25. The molecule has 23 heavy (non-hydrogen) atoms. The first-order valence-corrected chi connectivity index (χ1v) is 7.66. The predicted octanol–water partition coefficient (Wildman–Crippen LogP) is 4.61. The highest BCUT2D eigenvalue weighted by molar-refractivity contribution is 5.71. The lowest BCUT2D eigenvalue weighted by atomic mass is 10.0. The topological polar surface area (TPSA) is 23.5 Å². The second kappa shape index (κ2) is 5.90.